The van der Waals surface area contributed by atoms with Crippen LogP contribution in [-0.2, 0) is 20.2 Å². The van der Waals surface area contributed by atoms with E-state index in [9.17, 15) is 4.79 Å². The molecule has 2 heterocycles. The number of aryl methyl sites for hydroxylation is 1. The number of hydrogen-bond acceptors (Lipinski definition) is 4. The zero-order valence-electron chi connectivity index (χ0n) is 13.6. The molecule has 0 bridgehead atoms. The van der Waals surface area contributed by atoms with Crippen LogP contribution >= 0.6 is 34.8 Å². The van der Waals surface area contributed by atoms with Crippen molar-refractivity contribution in [2.75, 3.05) is 0 Å². The number of rotatable bonds is 6. The van der Waals surface area contributed by atoms with Crippen LogP contribution in [0.25, 0.3) is 0 Å². The van der Waals surface area contributed by atoms with Crippen LogP contribution in [0.1, 0.15) is 22.0 Å². The first kappa shape index (κ1) is 18.6. The zero-order valence-corrected chi connectivity index (χ0v) is 15.9. The summed E-state index contributed by atoms with van der Waals surface area (Å²) in [4.78, 5) is 12.2. The minimum Gasteiger partial charge on any atom is -0.484 e. The number of aromatic nitrogens is 2. The van der Waals surface area contributed by atoms with Crippen molar-refractivity contribution < 1.29 is 13.9 Å². The van der Waals surface area contributed by atoms with Crippen molar-refractivity contribution in [3.63, 3.8) is 0 Å². The van der Waals surface area contributed by atoms with Gasteiger partial charge in [0.05, 0.1) is 28.5 Å². The van der Waals surface area contributed by atoms with Crippen molar-refractivity contribution in [1.29, 1.82) is 0 Å². The average molecular weight is 415 g/mol. The summed E-state index contributed by atoms with van der Waals surface area (Å²) >= 11 is 18.0. The molecule has 0 fully saturated rings. The number of amides is 1. The Balaban J connectivity index is 1.58. The Labute approximate surface area is 164 Å². The Morgan fingerprint density at radius 3 is 2.77 bits per heavy atom. The molecule has 0 unspecified atom stereocenters. The molecule has 2 aromatic heterocycles. The molecule has 1 N–H and O–H groups in total. The third kappa shape index (κ3) is 4.15. The summed E-state index contributed by atoms with van der Waals surface area (Å²) in [6.45, 7) is 0.347. The molecule has 6 nitrogen and oxygen atoms in total. The lowest BCUT2D eigenvalue weighted by molar-refractivity contribution is 0.0918. The first-order valence-electron chi connectivity index (χ1n) is 7.56. The van der Waals surface area contributed by atoms with E-state index in [4.69, 9.17) is 44.0 Å². The van der Waals surface area contributed by atoms with E-state index >= 15 is 0 Å². The van der Waals surface area contributed by atoms with Crippen molar-refractivity contribution in [3.8, 4) is 5.75 Å². The van der Waals surface area contributed by atoms with Crippen LogP contribution in [-0.4, -0.2) is 15.7 Å². The first-order chi connectivity index (χ1) is 12.5. The molecule has 0 spiro atoms. The van der Waals surface area contributed by atoms with Crippen molar-refractivity contribution in [1.82, 2.24) is 15.1 Å². The molecule has 0 aliphatic carbocycles. The smallest absolute Gasteiger partial charge is 0.287 e. The second kappa shape index (κ2) is 8.03. The van der Waals surface area contributed by atoms with E-state index in [-0.39, 0.29) is 24.8 Å². The largest absolute Gasteiger partial charge is 0.484 e. The van der Waals surface area contributed by atoms with E-state index in [1.807, 2.05) is 0 Å². The van der Waals surface area contributed by atoms with Gasteiger partial charge in [0.25, 0.3) is 5.91 Å². The van der Waals surface area contributed by atoms with Gasteiger partial charge < -0.3 is 14.5 Å². The number of halogens is 3. The quantitative estimate of drug-likeness (QED) is 0.645. The molecule has 26 heavy (non-hydrogen) atoms. The fraction of sp³-hybridized carbons (Fsp3) is 0.176. The summed E-state index contributed by atoms with van der Waals surface area (Å²) in [5.74, 6) is 0.713. The molecule has 3 aromatic rings. The Bertz CT molecular complexity index is 917. The fourth-order valence-electron chi connectivity index (χ4n) is 2.21. The van der Waals surface area contributed by atoms with Gasteiger partial charge >= 0.3 is 0 Å². The Hall–Kier alpha value is -2.15. The number of hydrogen-bond donors (Lipinski definition) is 1. The van der Waals surface area contributed by atoms with Gasteiger partial charge in [0.2, 0.25) is 0 Å². The maximum atomic E-state index is 12.2. The highest BCUT2D eigenvalue weighted by Crippen LogP contribution is 2.32. The standard InChI is InChI=1S/C17H14Cl3N3O3/c1-23-13(12(19)7-22-23)8-21-17(24)15-6-5-10(26-15)9-25-14-4-2-3-11(18)16(14)20/h2-7H,8-9H2,1H3,(H,21,24). The van der Waals surface area contributed by atoms with Crippen LogP contribution in [0, 0.1) is 0 Å². The van der Waals surface area contributed by atoms with Gasteiger partial charge in [0, 0.05) is 7.05 Å². The molecule has 0 atom stereocenters. The summed E-state index contributed by atoms with van der Waals surface area (Å²) in [5.41, 5.74) is 0.700. The number of carbonyl (C=O) groups excluding carboxylic acids is 1. The van der Waals surface area contributed by atoms with Crippen molar-refractivity contribution >= 4 is 40.7 Å². The van der Waals surface area contributed by atoms with Gasteiger partial charge in [-0.3, -0.25) is 9.48 Å². The van der Waals surface area contributed by atoms with Crippen LogP contribution < -0.4 is 10.1 Å². The lowest BCUT2D eigenvalue weighted by Gasteiger charge is -2.07. The monoisotopic (exact) mass is 413 g/mol. The molecule has 1 amide bonds. The number of nitrogens with zero attached hydrogens (tertiary/aromatic N) is 2. The Morgan fingerprint density at radius 2 is 2.04 bits per heavy atom. The van der Waals surface area contributed by atoms with Gasteiger partial charge in [-0.15, -0.1) is 0 Å². The molecule has 0 radical (unpaired) electrons. The van der Waals surface area contributed by atoms with Crippen molar-refractivity contribution in [2.45, 2.75) is 13.2 Å². The van der Waals surface area contributed by atoms with Crippen LogP contribution in [0.4, 0.5) is 0 Å². The van der Waals surface area contributed by atoms with Crippen molar-refractivity contribution in [3.05, 3.63) is 68.8 Å². The second-order valence-electron chi connectivity index (χ2n) is 5.35. The van der Waals surface area contributed by atoms with Gasteiger partial charge in [0.15, 0.2) is 5.76 Å². The topological polar surface area (TPSA) is 69.3 Å². The molecule has 1 aromatic carbocycles. The summed E-state index contributed by atoms with van der Waals surface area (Å²) in [5, 5.41) is 7.95. The highest BCUT2D eigenvalue weighted by molar-refractivity contribution is 6.42. The number of furan rings is 1. The Kier molecular flexibility index (Phi) is 5.76. The molecule has 0 aliphatic heterocycles. The van der Waals surface area contributed by atoms with Gasteiger partial charge in [-0.25, -0.2) is 0 Å². The minimum atomic E-state index is -0.366. The summed E-state index contributed by atoms with van der Waals surface area (Å²) in [6, 6.07) is 8.32. The number of carbonyl (C=O) groups is 1. The molecule has 0 saturated heterocycles. The second-order valence-corrected chi connectivity index (χ2v) is 6.54. The zero-order chi connectivity index (χ0) is 18.7. The van der Waals surface area contributed by atoms with E-state index < -0.39 is 0 Å². The van der Waals surface area contributed by atoms with E-state index in [1.54, 1.807) is 42.1 Å². The summed E-state index contributed by atoms with van der Waals surface area (Å²) in [6.07, 6.45) is 1.52. The number of ether oxygens (including phenoxy) is 1. The predicted molar refractivity (Wildman–Crippen MR) is 98.9 cm³/mol. The maximum Gasteiger partial charge on any atom is 0.287 e. The molecular formula is C17H14Cl3N3O3. The van der Waals surface area contributed by atoms with Gasteiger partial charge in [-0.2, -0.15) is 5.10 Å². The molecule has 0 saturated carbocycles. The lowest BCUT2D eigenvalue weighted by atomic mass is 10.3. The van der Waals surface area contributed by atoms with Crippen LogP contribution in [0.15, 0.2) is 40.9 Å². The van der Waals surface area contributed by atoms with E-state index in [1.165, 1.54) is 6.20 Å². The SMILES string of the molecule is Cn1ncc(Cl)c1CNC(=O)c1ccc(COc2cccc(Cl)c2Cl)o1. The molecular weight excluding hydrogens is 401 g/mol. The van der Waals surface area contributed by atoms with E-state index in [0.717, 1.165) is 0 Å². The van der Waals surface area contributed by atoms with Crippen molar-refractivity contribution in [2.24, 2.45) is 7.05 Å². The van der Waals surface area contributed by atoms with Gasteiger partial charge in [-0.1, -0.05) is 40.9 Å². The highest BCUT2D eigenvalue weighted by atomic mass is 35.5. The lowest BCUT2D eigenvalue weighted by Crippen LogP contribution is -2.23. The number of benzene rings is 1. The predicted octanol–water partition coefficient (Wildman–Crippen LogP) is 4.48. The number of nitrogens with one attached hydrogen (secondary N) is 1. The summed E-state index contributed by atoms with van der Waals surface area (Å²) in [7, 11) is 1.75. The molecule has 3 rings (SSSR count). The van der Waals surface area contributed by atoms with Gasteiger partial charge in [-0.05, 0) is 24.3 Å². The van der Waals surface area contributed by atoms with E-state index in [2.05, 4.69) is 10.4 Å². The fourth-order valence-corrected chi connectivity index (χ4v) is 2.79. The van der Waals surface area contributed by atoms with Crippen LogP contribution in [0.5, 0.6) is 5.75 Å². The first-order valence-corrected chi connectivity index (χ1v) is 8.69. The molecule has 9 heteroatoms. The maximum absolute atomic E-state index is 12.2. The third-order valence-corrected chi connectivity index (χ3v) is 4.72. The molecule has 136 valence electrons. The molecule has 0 aliphatic rings. The van der Waals surface area contributed by atoms with E-state index in [0.29, 0.717) is 32.3 Å². The van der Waals surface area contributed by atoms with Crippen LogP contribution in [0.2, 0.25) is 15.1 Å². The Morgan fingerprint density at radius 1 is 1.23 bits per heavy atom. The third-order valence-electron chi connectivity index (χ3n) is 3.60. The highest BCUT2D eigenvalue weighted by Gasteiger charge is 2.14. The minimum absolute atomic E-state index is 0.112. The normalized spacial score (nSPS) is 10.8. The average Bonchev–Trinajstić information content (AvgIpc) is 3.22. The van der Waals surface area contributed by atoms with Crippen LogP contribution in [0.3, 0.4) is 0 Å². The van der Waals surface area contributed by atoms with Gasteiger partial charge in [0.1, 0.15) is 23.1 Å². The summed E-state index contributed by atoms with van der Waals surface area (Å²) < 4.78 is 12.7.